The van der Waals surface area contributed by atoms with Crippen LogP contribution in [-0.2, 0) is 9.59 Å². The van der Waals surface area contributed by atoms with Crippen LogP contribution in [0.4, 0.5) is 0 Å². The summed E-state index contributed by atoms with van der Waals surface area (Å²) in [5.74, 6) is -0.332. The highest BCUT2D eigenvalue weighted by Crippen LogP contribution is 2.24. The summed E-state index contributed by atoms with van der Waals surface area (Å²) in [5.41, 5.74) is 6.24. The standard InChI is InChI=1S/C18H26N2O2/c1-2-9-16(14-10-5-3-6-11-14)18(22)20-19-17(21)15-12-7-4-8-13-15/h3,5-6,10-11,15-16H,2,4,7-9,12-13H2,1H3,(H,19,21)(H,20,22)/t16-/m0/s1. The third kappa shape index (κ3) is 4.58. The highest BCUT2D eigenvalue weighted by molar-refractivity contribution is 5.87. The van der Waals surface area contributed by atoms with Gasteiger partial charge in [0.2, 0.25) is 11.8 Å². The second-order valence-corrected chi connectivity index (χ2v) is 6.07. The number of carbonyl (C=O) groups excluding carboxylic acids is 2. The van der Waals surface area contributed by atoms with Crippen LogP contribution in [0.2, 0.25) is 0 Å². The second kappa shape index (κ2) is 8.57. The lowest BCUT2D eigenvalue weighted by atomic mass is 9.89. The molecule has 2 amide bonds. The Labute approximate surface area is 132 Å². The highest BCUT2D eigenvalue weighted by Gasteiger charge is 2.23. The Hall–Kier alpha value is -1.84. The average molecular weight is 302 g/mol. The Kier molecular flexibility index (Phi) is 6.44. The van der Waals surface area contributed by atoms with Crippen molar-refractivity contribution < 1.29 is 9.59 Å². The van der Waals surface area contributed by atoms with Crippen molar-refractivity contribution in [3.05, 3.63) is 35.9 Å². The van der Waals surface area contributed by atoms with Gasteiger partial charge in [0.25, 0.3) is 0 Å². The summed E-state index contributed by atoms with van der Waals surface area (Å²) in [4.78, 5) is 24.5. The molecule has 0 aliphatic heterocycles. The first-order chi connectivity index (χ1) is 10.7. The molecule has 0 saturated heterocycles. The van der Waals surface area contributed by atoms with Crippen LogP contribution in [0.5, 0.6) is 0 Å². The van der Waals surface area contributed by atoms with E-state index in [9.17, 15) is 9.59 Å². The normalized spacial score (nSPS) is 16.8. The van der Waals surface area contributed by atoms with Gasteiger partial charge < -0.3 is 0 Å². The van der Waals surface area contributed by atoms with Gasteiger partial charge in [-0.3, -0.25) is 20.4 Å². The molecule has 2 rings (SSSR count). The van der Waals surface area contributed by atoms with Crippen LogP contribution in [0.25, 0.3) is 0 Å². The van der Waals surface area contributed by atoms with Crippen LogP contribution in [0, 0.1) is 5.92 Å². The van der Waals surface area contributed by atoms with E-state index in [1.165, 1.54) is 6.42 Å². The Balaban J connectivity index is 1.89. The summed E-state index contributed by atoms with van der Waals surface area (Å²) in [7, 11) is 0. The van der Waals surface area contributed by atoms with E-state index in [0.717, 1.165) is 44.1 Å². The summed E-state index contributed by atoms with van der Waals surface area (Å²) in [5, 5.41) is 0. The number of amides is 2. The number of rotatable bonds is 5. The van der Waals surface area contributed by atoms with Crippen molar-refractivity contribution in [3.63, 3.8) is 0 Å². The van der Waals surface area contributed by atoms with Crippen LogP contribution in [0.15, 0.2) is 30.3 Å². The smallest absolute Gasteiger partial charge is 0.245 e. The molecule has 0 aromatic heterocycles. The van der Waals surface area contributed by atoms with Crippen LogP contribution in [0.1, 0.15) is 63.4 Å². The molecule has 1 atom stereocenters. The minimum Gasteiger partial charge on any atom is -0.273 e. The molecule has 0 radical (unpaired) electrons. The Morgan fingerprint density at radius 3 is 2.41 bits per heavy atom. The summed E-state index contributed by atoms with van der Waals surface area (Å²) in [6.45, 7) is 2.06. The lowest BCUT2D eigenvalue weighted by Gasteiger charge is -2.22. The maximum absolute atomic E-state index is 12.4. The number of nitrogens with one attached hydrogen (secondary N) is 2. The first kappa shape index (κ1) is 16.5. The molecule has 22 heavy (non-hydrogen) atoms. The third-order valence-corrected chi connectivity index (χ3v) is 4.38. The molecule has 1 fully saturated rings. The van der Waals surface area contributed by atoms with E-state index in [0.29, 0.717) is 0 Å². The summed E-state index contributed by atoms with van der Waals surface area (Å²) < 4.78 is 0. The quantitative estimate of drug-likeness (QED) is 0.820. The van der Waals surface area contributed by atoms with E-state index < -0.39 is 0 Å². The minimum absolute atomic E-state index is 0.0450. The van der Waals surface area contributed by atoms with Gasteiger partial charge in [0, 0.05) is 5.92 Å². The molecule has 2 N–H and O–H groups in total. The zero-order chi connectivity index (χ0) is 15.8. The lowest BCUT2D eigenvalue weighted by Crippen LogP contribution is -2.46. The van der Waals surface area contributed by atoms with Crippen molar-refractivity contribution >= 4 is 11.8 Å². The van der Waals surface area contributed by atoms with Crippen molar-refractivity contribution in [2.75, 3.05) is 0 Å². The number of hydrogen-bond acceptors (Lipinski definition) is 2. The van der Waals surface area contributed by atoms with Gasteiger partial charge in [-0.1, -0.05) is 62.9 Å². The van der Waals surface area contributed by atoms with Crippen molar-refractivity contribution in [2.24, 2.45) is 5.92 Å². The van der Waals surface area contributed by atoms with E-state index in [2.05, 4.69) is 17.8 Å². The van der Waals surface area contributed by atoms with Gasteiger partial charge in [-0.25, -0.2) is 0 Å². The molecule has 0 bridgehead atoms. The first-order valence-corrected chi connectivity index (χ1v) is 8.37. The fourth-order valence-corrected chi connectivity index (χ4v) is 3.10. The molecule has 4 nitrogen and oxygen atoms in total. The largest absolute Gasteiger partial charge is 0.273 e. The number of benzene rings is 1. The van der Waals surface area contributed by atoms with E-state index >= 15 is 0 Å². The summed E-state index contributed by atoms with van der Waals surface area (Å²) in [6.07, 6.45) is 6.97. The molecular formula is C18H26N2O2. The Morgan fingerprint density at radius 1 is 1.09 bits per heavy atom. The van der Waals surface area contributed by atoms with Gasteiger partial charge in [0.15, 0.2) is 0 Å². The molecule has 0 unspecified atom stereocenters. The average Bonchev–Trinajstić information content (AvgIpc) is 2.58. The maximum Gasteiger partial charge on any atom is 0.245 e. The molecule has 1 aromatic rings. The summed E-state index contributed by atoms with van der Waals surface area (Å²) in [6, 6.07) is 9.73. The molecule has 4 heteroatoms. The zero-order valence-corrected chi connectivity index (χ0v) is 13.3. The van der Waals surface area contributed by atoms with Gasteiger partial charge >= 0.3 is 0 Å². The molecule has 1 aromatic carbocycles. The molecule has 0 spiro atoms. The van der Waals surface area contributed by atoms with Gasteiger partial charge in [-0.05, 0) is 24.8 Å². The van der Waals surface area contributed by atoms with E-state index in [-0.39, 0.29) is 23.7 Å². The Bertz CT molecular complexity index is 481. The van der Waals surface area contributed by atoms with E-state index in [4.69, 9.17) is 0 Å². The molecule has 120 valence electrons. The maximum atomic E-state index is 12.4. The predicted molar refractivity (Wildman–Crippen MR) is 87.0 cm³/mol. The number of carbonyl (C=O) groups is 2. The van der Waals surface area contributed by atoms with Crippen LogP contribution in [0.3, 0.4) is 0 Å². The fraction of sp³-hybridized carbons (Fsp3) is 0.556. The Morgan fingerprint density at radius 2 is 1.77 bits per heavy atom. The van der Waals surface area contributed by atoms with Crippen LogP contribution >= 0.6 is 0 Å². The van der Waals surface area contributed by atoms with E-state index in [1.54, 1.807) is 0 Å². The molecule has 1 aliphatic rings. The lowest BCUT2D eigenvalue weighted by molar-refractivity contribution is -0.132. The molecule has 0 heterocycles. The summed E-state index contributed by atoms with van der Waals surface area (Å²) >= 11 is 0. The number of hydrazine groups is 1. The highest BCUT2D eigenvalue weighted by atomic mass is 16.2. The van der Waals surface area contributed by atoms with Crippen molar-refractivity contribution in [2.45, 2.75) is 57.8 Å². The predicted octanol–water partition coefficient (Wildman–Crippen LogP) is 3.30. The van der Waals surface area contributed by atoms with Crippen LogP contribution in [-0.4, -0.2) is 11.8 Å². The zero-order valence-electron chi connectivity index (χ0n) is 13.3. The van der Waals surface area contributed by atoms with Crippen LogP contribution < -0.4 is 10.9 Å². The van der Waals surface area contributed by atoms with Gasteiger partial charge in [-0.15, -0.1) is 0 Å². The molecule has 1 saturated carbocycles. The monoisotopic (exact) mass is 302 g/mol. The molecular weight excluding hydrogens is 276 g/mol. The van der Waals surface area contributed by atoms with Crippen molar-refractivity contribution in [3.8, 4) is 0 Å². The SMILES string of the molecule is CCC[C@H](C(=O)NNC(=O)C1CCCCC1)c1ccccc1. The third-order valence-electron chi connectivity index (χ3n) is 4.38. The molecule has 1 aliphatic carbocycles. The van der Waals surface area contributed by atoms with Gasteiger partial charge in [-0.2, -0.15) is 0 Å². The van der Waals surface area contributed by atoms with Crippen molar-refractivity contribution in [1.29, 1.82) is 0 Å². The first-order valence-electron chi connectivity index (χ1n) is 8.37. The number of hydrogen-bond donors (Lipinski definition) is 2. The second-order valence-electron chi connectivity index (χ2n) is 6.07. The van der Waals surface area contributed by atoms with E-state index in [1.807, 2.05) is 30.3 Å². The van der Waals surface area contributed by atoms with Crippen molar-refractivity contribution in [1.82, 2.24) is 10.9 Å². The minimum atomic E-state index is -0.210. The van der Waals surface area contributed by atoms with Gasteiger partial charge in [0.1, 0.15) is 0 Å². The topological polar surface area (TPSA) is 58.2 Å². The fourth-order valence-electron chi connectivity index (χ4n) is 3.10. The van der Waals surface area contributed by atoms with Gasteiger partial charge in [0.05, 0.1) is 5.92 Å².